The molecule has 0 bridgehead atoms. The van der Waals surface area contributed by atoms with Crippen LogP contribution in [-0.4, -0.2) is 11.9 Å². The second-order valence-electron chi connectivity index (χ2n) is 11.4. The Kier molecular flexibility index (Phi) is 20.1. The molecule has 0 N–H and O–H groups in total. The van der Waals surface area contributed by atoms with Crippen LogP contribution in [0.5, 0.6) is 11.5 Å². The van der Waals surface area contributed by atoms with E-state index in [2.05, 4.69) is 74.3 Å². The van der Waals surface area contributed by atoms with E-state index in [9.17, 15) is 10.2 Å². The van der Waals surface area contributed by atoms with Gasteiger partial charge in [-0.25, -0.2) is 0 Å². The van der Waals surface area contributed by atoms with Gasteiger partial charge in [-0.05, 0) is 98.4 Å². The quantitative estimate of drug-likeness (QED) is 0.0888. The molecule has 0 atom stereocenters. The van der Waals surface area contributed by atoms with Crippen LogP contribution in [0.15, 0.2) is 64.6 Å². The van der Waals surface area contributed by atoms with E-state index < -0.39 is 0 Å². The Hall–Kier alpha value is -2.91. The van der Waals surface area contributed by atoms with Crippen molar-refractivity contribution >= 4 is 23.3 Å². The minimum Gasteiger partial charge on any atom is -0.873 e. The van der Waals surface area contributed by atoms with E-state index in [1.807, 2.05) is 27.0 Å². The minimum absolute atomic E-state index is 0. The molecule has 0 amide bonds. The van der Waals surface area contributed by atoms with E-state index in [1.54, 1.807) is 0 Å². The maximum Gasteiger partial charge on any atom is 2.00 e. The Morgan fingerprint density at radius 2 is 1.20 bits per heavy atom. The molecule has 0 aromatic heterocycles. The number of hydrogen-bond donors (Lipinski definition) is 0. The smallest absolute Gasteiger partial charge is 0.873 e. The zero-order valence-corrected chi connectivity index (χ0v) is 29.0. The van der Waals surface area contributed by atoms with Crippen molar-refractivity contribution in [2.45, 2.75) is 125 Å². The van der Waals surface area contributed by atoms with Crippen molar-refractivity contribution in [2.75, 3.05) is 0 Å². The number of aliphatic imine (C=N–C) groups is 2. The Labute approximate surface area is 278 Å². The topological polar surface area (TPSA) is 70.8 Å². The fraction of sp³-hybridized carbons (Fsp3) is 0.487. The Balaban J connectivity index is 0.000000488. The fourth-order valence-electron chi connectivity index (χ4n) is 5.31. The molecular formula is C39H54N2NiO2. The zero-order chi connectivity index (χ0) is 31.5. The van der Waals surface area contributed by atoms with Crippen molar-refractivity contribution in [1.82, 2.24) is 0 Å². The van der Waals surface area contributed by atoms with Gasteiger partial charge in [-0.1, -0.05) is 109 Å². The van der Waals surface area contributed by atoms with Crippen LogP contribution in [0.1, 0.15) is 121 Å². The van der Waals surface area contributed by atoms with E-state index in [1.165, 1.54) is 55.7 Å². The van der Waals surface area contributed by atoms with Crippen molar-refractivity contribution < 1.29 is 26.7 Å². The molecule has 0 heterocycles. The first-order valence-electron chi connectivity index (χ1n) is 16.6. The molecule has 5 heteroatoms. The fourth-order valence-corrected chi connectivity index (χ4v) is 5.31. The average Bonchev–Trinajstić information content (AvgIpc) is 3.01. The van der Waals surface area contributed by atoms with Crippen molar-refractivity contribution in [3.63, 3.8) is 0 Å². The molecule has 3 rings (SSSR count). The normalized spacial score (nSPS) is 11.3. The molecule has 242 valence electrons. The van der Waals surface area contributed by atoms with Gasteiger partial charge in [-0.15, -0.1) is 11.5 Å². The molecule has 0 radical (unpaired) electrons. The first-order valence-corrected chi connectivity index (χ1v) is 16.6. The molecule has 3 aromatic carbocycles. The van der Waals surface area contributed by atoms with E-state index >= 15 is 0 Å². The van der Waals surface area contributed by atoms with Crippen LogP contribution < -0.4 is 10.2 Å². The summed E-state index contributed by atoms with van der Waals surface area (Å²) in [6, 6.07) is 18.6. The first kappa shape index (κ1) is 39.1. The third-order valence-corrected chi connectivity index (χ3v) is 7.60. The molecule has 0 saturated heterocycles. The van der Waals surface area contributed by atoms with Gasteiger partial charge in [0.05, 0.1) is 17.1 Å². The summed E-state index contributed by atoms with van der Waals surface area (Å²) in [5.74, 6) is -0.609. The number of nitrogens with zero attached hydrogens (tertiary/aromatic N) is 2. The summed E-state index contributed by atoms with van der Waals surface area (Å²) in [5, 5.41) is 23.3. The predicted octanol–water partition coefficient (Wildman–Crippen LogP) is 9.95. The standard InChI is InChI=1S/C25H34N2.C14H22O2.Ni/c1-4-6-8-12-22-14-10-16-24(18-22)26-20-21(3)27-25-17-11-15-23(19-25)13-9-7-5-2;1-4-7-11-10(6-3)9-13(15)14(16)12(11)8-5-2;/h10-11,14-20H,4-9,12-13H2,1-3H3;9,15-16H,4-8H2,1-3H3;/q;;+2/p-2. The van der Waals surface area contributed by atoms with Gasteiger partial charge >= 0.3 is 16.5 Å². The second-order valence-corrected chi connectivity index (χ2v) is 11.4. The molecule has 0 fully saturated rings. The van der Waals surface area contributed by atoms with Gasteiger partial charge in [0.1, 0.15) is 0 Å². The molecule has 0 aliphatic heterocycles. The van der Waals surface area contributed by atoms with Crippen molar-refractivity contribution in [2.24, 2.45) is 9.98 Å². The number of aryl methyl sites for hydroxylation is 3. The molecular weight excluding hydrogens is 587 g/mol. The third kappa shape index (κ3) is 13.8. The number of benzene rings is 3. The maximum atomic E-state index is 11.8. The number of hydrogen-bond acceptors (Lipinski definition) is 4. The largest absolute Gasteiger partial charge is 2.00 e. The third-order valence-electron chi connectivity index (χ3n) is 7.60. The number of unbranched alkanes of at least 4 members (excludes halogenated alkanes) is 4. The predicted molar refractivity (Wildman–Crippen MR) is 183 cm³/mol. The summed E-state index contributed by atoms with van der Waals surface area (Å²) in [5.41, 5.74) is 8.66. The molecule has 0 spiro atoms. The van der Waals surface area contributed by atoms with Crippen LogP contribution in [0.4, 0.5) is 11.4 Å². The summed E-state index contributed by atoms with van der Waals surface area (Å²) >= 11 is 0. The van der Waals surface area contributed by atoms with Crippen LogP contribution >= 0.6 is 0 Å². The van der Waals surface area contributed by atoms with E-state index in [0.717, 1.165) is 78.7 Å². The van der Waals surface area contributed by atoms with Gasteiger partial charge in [-0.3, -0.25) is 9.98 Å². The monoisotopic (exact) mass is 640 g/mol. The van der Waals surface area contributed by atoms with Gasteiger partial charge in [-0.2, -0.15) is 0 Å². The summed E-state index contributed by atoms with van der Waals surface area (Å²) in [6.07, 6.45) is 16.1. The Bertz CT molecular complexity index is 1300. The van der Waals surface area contributed by atoms with Crippen molar-refractivity contribution in [3.8, 4) is 11.5 Å². The van der Waals surface area contributed by atoms with Crippen LogP contribution in [0.25, 0.3) is 0 Å². The zero-order valence-electron chi connectivity index (χ0n) is 28.0. The van der Waals surface area contributed by atoms with Gasteiger partial charge in [0.15, 0.2) is 0 Å². The van der Waals surface area contributed by atoms with Crippen LogP contribution in [0.3, 0.4) is 0 Å². The van der Waals surface area contributed by atoms with E-state index in [-0.39, 0.29) is 28.0 Å². The molecule has 3 aromatic rings. The molecule has 0 saturated carbocycles. The van der Waals surface area contributed by atoms with Crippen LogP contribution in [0.2, 0.25) is 0 Å². The van der Waals surface area contributed by atoms with Crippen LogP contribution in [0, 0.1) is 0 Å². The molecule has 44 heavy (non-hydrogen) atoms. The van der Waals surface area contributed by atoms with Crippen molar-refractivity contribution in [3.05, 3.63) is 82.4 Å². The second kappa shape index (κ2) is 22.6. The maximum absolute atomic E-state index is 11.8. The first-order chi connectivity index (χ1) is 20.9. The average molecular weight is 642 g/mol. The van der Waals surface area contributed by atoms with E-state index in [4.69, 9.17) is 4.99 Å². The van der Waals surface area contributed by atoms with Gasteiger partial charge in [0.2, 0.25) is 0 Å². The SMILES string of the molecule is CCCCCc1cccc(N=CC(C)=Nc2cccc(CCCCC)c2)c1.CCCc1c(CC)cc([O-])c([O-])c1CCC.[Ni+2]. The summed E-state index contributed by atoms with van der Waals surface area (Å²) in [6.45, 7) is 12.7. The molecule has 4 nitrogen and oxygen atoms in total. The van der Waals surface area contributed by atoms with Gasteiger partial charge in [0.25, 0.3) is 0 Å². The Morgan fingerprint density at radius 1 is 0.659 bits per heavy atom. The summed E-state index contributed by atoms with van der Waals surface area (Å²) in [4.78, 5) is 9.33. The van der Waals surface area contributed by atoms with Crippen molar-refractivity contribution in [1.29, 1.82) is 0 Å². The summed E-state index contributed by atoms with van der Waals surface area (Å²) < 4.78 is 0. The minimum atomic E-state index is -0.333. The molecule has 0 aliphatic carbocycles. The summed E-state index contributed by atoms with van der Waals surface area (Å²) in [7, 11) is 0. The van der Waals surface area contributed by atoms with E-state index in [0.29, 0.717) is 0 Å². The van der Waals surface area contributed by atoms with Gasteiger partial charge < -0.3 is 10.2 Å². The van der Waals surface area contributed by atoms with Gasteiger partial charge in [0, 0.05) is 6.21 Å². The number of rotatable bonds is 16. The Morgan fingerprint density at radius 3 is 1.75 bits per heavy atom. The molecule has 0 aliphatic rings. The van der Waals surface area contributed by atoms with Crippen LogP contribution in [-0.2, 0) is 48.6 Å². The molecule has 0 unspecified atom stereocenters.